The molecule has 1 saturated carbocycles. The van der Waals surface area contributed by atoms with Crippen molar-refractivity contribution in [2.75, 3.05) is 25.5 Å². The molecular formula is C24H27N5O2. The Balaban J connectivity index is 1.26. The average molecular weight is 418 g/mol. The standard InChI is InChI=1S/C24H27N5O2/c1-31-22-13-19-15-29(14-18(19)12-21(22)27-23-4-2-3-10-25-23)24(30)17-7-5-16(6-8-17)20-9-11-26-28-20/h2-11,18-19,21-22H,12-15H2,1H3,(H,25,27)(H,26,28)/t18-,19+,21-,22-/m1/s1. The van der Waals surface area contributed by atoms with Crippen molar-refractivity contribution in [3.8, 4) is 11.3 Å². The molecule has 1 aliphatic heterocycles. The molecule has 2 fully saturated rings. The van der Waals surface area contributed by atoms with Crippen LogP contribution in [0.5, 0.6) is 0 Å². The Morgan fingerprint density at radius 3 is 2.55 bits per heavy atom. The fourth-order valence-corrected chi connectivity index (χ4v) is 5.02. The molecule has 31 heavy (non-hydrogen) atoms. The number of likely N-dealkylation sites (tertiary alicyclic amines) is 1. The fourth-order valence-electron chi connectivity index (χ4n) is 5.02. The van der Waals surface area contributed by atoms with Gasteiger partial charge in [-0.3, -0.25) is 9.89 Å². The van der Waals surface area contributed by atoms with E-state index in [0.717, 1.165) is 48.6 Å². The van der Waals surface area contributed by atoms with Crippen LogP contribution in [-0.4, -0.2) is 58.3 Å². The van der Waals surface area contributed by atoms with Crippen LogP contribution in [-0.2, 0) is 4.74 Å². The molecule has 5 rings (SSSR count). The maximum absolute atomic E-state index is 13.2. The molecule has 1 saturated heterocycles. The number of ether oxygens (including phenoxy) is 1. The lowest BCUT2D eigenvalue weighted by atomic mass is 9.77. The Bertz CT molecular complexity index is 1010. The number of benzene rings is 1. The van der Waals surface area contributed by atoms with Crippen LogP contribution in [0.4, 0.5) is 5.82 Å². The monoisotopic (exact) mass is 417 g/mol. The number of carbonyl (C=O) groups is 1. The Hall–Kier alpha value is -3.19. The highest BCUT2D eigenvalue weighted by Gasteiger charge is 2.43. The van der Waals surface area contributed by atoms with Gasteiger partial charge in [0.05, 0.1) is 17.8 Å². The van der Waals surface area contributed by atoms with Crippen LogP contribution in [0.2, 0.25) is 0 Å². The van der Waals surface area contributed by atoms with Crippen LogP contribution in [0.3, 0.4) is 0 Å². The summed E-state index contributed by atoms with van der Waals surface area (Å²) < 4.78 is 5.81. The van der Waals surface area contributed by atoms with E-state index in [4.69, 9.17) is 4.74 Å². The molecule has 2 aliphatic rings. The van der Waals surface area contributed by atoms with Gasteiger partial charge in [-0.15, -0.1) is 0 Å². The van der Waals surface area contributed by atoms with Gasteiger partial charge in [0.15, 0.2) is 0 Å². The van der Waals surface area contributed by atoms with E-state index in [1.54, 1.807) is 19.5 Å². The largest absolute Gasteiger partial charge is 0.379 e. The summed E-state index contributed by atoms with van der Waals surface area (Å²) in [6, 6.07) is 15.8. The van der Waals surface area contributed by atoms with Gasteiger partial charge < -0.3 is 15.0 Å². The van der Waals surface area contributed by atoms with E-state index in [1.807, 2.05) is 53.4 Å². The molecule has 7 heteroatoms. The van der Waals surface area contributed by atoms with Crippen LogP contribution < -0.4 is 5.32 Å². The predicted octanol–water partition coefficient (Wildman–Crippen LogP) is 3.45. The van der Waals surface area contributed by atoms with E-state index >= 15 is 0 Å². The maximum Gasteiger partial charge on any atom is 0.253 e. The lowest BCUT2D eigenvalue weighted by Gasteiger charge is -2.37. The van der Waals surface area contributed by atoms with Crippen LogP contribution in [0, 0.1) is 11.8 Å². The van der Waals surface area contributed by atoms with Crippen molar-refractivity contribution in [2.45, 2.75) is 25.0 Å². The molecular weight excluding hydrogens is 390 g/mol. The number of amides is 1. The number of pyridine rings is 1. The van der Waals surface area contributed by atoms with Gasteiger partial charge in [0, 0.05) is 38.2 Å². The Morgan fingerprint density at radius 2 is 1.87 bits per heavy atom. The third kappa shape index (κ3) is 4.05. The number of hydrogen-bond donors (Lipinski definition) is 2. The molecule has 4 atom stereocenters. The number of anilines is 1. The number of methoxy groups -OCH3 is 1. The lowest BCUT2D eigenvalue weighted by Crippen LogP contribution is -2.44. The van der Waals surface area contributed by atoms with Crippen LogP contribution in [0.15, 0.2) is 60.9 Å². The van der Waals surface area contributed by atoms with Crippen LogP contribution in [0.25, 0.3) is 11.3 Å². The van der Waals surface area contributed by atoms with Gasteiger partial charge in [-0.25, -0.2) is 4.98 Å². The number of H-pyrrole nitrogens is 1. The minimum atomic E-state index is 0.105. The van der Waals surface area contributed by atoms with Gasteiger partial charge in [-0.1, -0.05) is 18.2 Å². The summed E-state index contributed by atoms with van der Waals surface area (Å²) >= 11 is 0. The molecule has 1 amide bonds. The summed E-state index contributed by atoms with van der Waals surface area (Å²) in [6.07, 6.45) is 5.57. The van der Waals surface area contributed by atoms with Crippen molar-refractivity contribution in [1.82, 2.24) is 20.1 Å². The van der Waals surface area contributed by atoms with E-state index < -0.39 is 0 Å². The van der Waals surface area contributed by atoms with E-state index in [9.17, 15) is 4.79 Å². The molecule has 2 N–H and O–H groups in total. The molecule has 1 aromatic carbocycles. The first-order valence-electron chi connectivity index (χ1n) is 10.8. The lowest BCUT2D eigenvalue weighted by molar-refractivity contribution is 0.0304. The minimum absolute atomic E-state index is 0.105. The summed E-state index contributed by atoms with van der Waals surface area (Å²) in [6.45, 7) is 1.59. The summed E-state index contributed by atoms with van der Waals surface area (Å²) in [7, 11) is 1.78. The SMILES string of the molecule is CO[C@@H]1C[C@H]2CN(C(=O)c3ccc(-c4ccn[nH]4)cc3)C[C@H]2C[C@H]1Nc1ccccn1. The highest BCUT2D eigenvalue weighted by molar-refractivity contribution is 5.94. The van der Waals surface area contributed by atoms with Gasteiger partial charge in [0.2, 0.25) is 0 Å². The maximum atomic E-state index is 13.2. The average Bonchev–Trinajstić information content (AvgIpc) is 3.49. The molecule has 160 valence electrons. The predicted molar refractivity (Wildman–Crippen MR) is 119 cm³/mol. The number of aromatic amines is 1. The van der Waals surface area contributed by atoms with Crippen molar-refractivity contribution in [1.29, 1.82) is 0 Å². The molecule has 0 radical (unpaired) electrons. The number of rotatable bonds is 5. The number of nitrogens with one attached hydrogen (secondary N) is 2. The summed E-state index contributed by atoms with van der Waals surface area (Å²) in [5.41, 5.74) is 2.70. The highest BCUT2D eigenvalue weighted by Crippen LogP contribution is 2.39. The summed E-state index contributed by atoms with van der Waals surface area (Å²) in [5, 5.41) is 10.5. The van der Waals surface area contributed by atoms with E-state index in [-0.39, 0.29) is 18.1 Å². The molecule has 0 bridgehead atoms. The molecule has 0 unspecified atom stereocenters. The van der Waals surface area contributed by atoms with Gasteiger partial charge in [0.25, 0.3) is 5.91 Å². The zero-order chi connectivity index (χ0) is 21.2. The van der Waals surface area contributed by atoms with E-state index in [1.165, 1.54) is 0 Å². The Morgan fingerprint density at radius 1 is 1.06 bits per heavy atom. The molecule has 3 aromatic rings. The first-order chi connectivity index (χ1) is 15.2. The van der Waals surface area contributed by atoms with Crippen molar-refractivity contribution < 1.29 is 9.53 Å². The molecule has 0 spiro atoms. The van der Waals surface area contributed by atoms with Gasteiger partial charge in [-0.2, -0.15) is 5.10 Å². The first kappa shape index (κ1) is 19.8. The third-order valence-corrected chi connectivity index (χ3v) is 6.65. The number of hydrogen-bond acceptors (Lipinski definition) is 5. The van der Waals surface area contributed by atoms with Gasteiger partial charge in [0.1, 0.15) is 5.82 Å². The number of nitrogens with zero attached hydrogens (tertiary/aromatic N) is 3. The Kier molecular flexibility index (Phi) is 5.42. The van der Waals surface area contributed by atoms with E-state index in [0.29, 0.717) is 11.8 Å². The molecule has 2 aromatic heterocycles. The second-order valence-corrected chi connectivity index (χ2v) is 8.49. The number of fused-ring (bicyclic) bond motifs is 1. The zero-order valence-corrected chi connectivity index (χ0v) is 17.6. The molecule has 7 nitrogen and oxygen atoms in total. The first-order valence-corrected chi connectivity index (χ1v) is 10.8. The highest BCUT2D eigenvalue weighted by atomic mass is 16.5. The van der Waals surface area contributed by atoms with Crippen molar-refractivity contribution in [3.63, 3.8) is 0 Å². The number of aromatic nitrogens is 3. The van der Waals surface area contributed by atoms with Crippen molar-refractivity contribution >= 4 is 11.7 Å². The van der Waals surface area contributed by atoms with Gasteiger partial charge in [-0.05, 0) is 60.6 Å². The number of carbonyl (C=O) groups excluding carboxylic acids is 1. The van der Waals surface area contributed by atoms with Crippen LogP contribution in [0.1, 0.15) is 23.2 Å². The second-order valence-electron chi connectivity index (χ2n) is 8.49. The molecule has 3 heterocycles. The second kappa shape index (κ2) is 8.51. The quantitative estimate of drug-likeness (QED) is 0.664. The van der Waals surface area contributed by atoms with Gasteiger partial charge >= 0.3 is 0 Å². The Labute approximate surface area is 181 Å². The van der Waals surface area contributed by atoms with Crippen molar-refractivity contribution in [2.24, 2.45) is 11.8 Å². The zero-order valence-electron chi connectivity index (χ0n) is 17.6. The smallest absolute Gasteiger partial charge is 0.253 e. The fraction of sp³-hybridized carbons (Fsp3) is 0.375. The van der Waals surface area contributed by atoms with Crippen LogP contribution >= 0.6 is 0 Å². The molecule has 1 aliphatic carbocycles. The normalized spacial score (nSPS) is 25.3. The summed E-state index contributed by atoms with van der Waals surface area (Å²) in [4.78, 5) is 19.6. The summed E-state index contributed by atoms with van der Waals surface area (Å²) in [5.74, 6) is 1.92. The van der Waals surface area contributed by atoms with Crippen molar-refractivity contribution in [3.05, 3.63) is 66.5 Å². The third-order valence-electron chi connectivity index (χ3n) is 6.65. The minimum Gasteiger partial charge on any atom is -0.379 e. The topological polar surface area (TPSA) is 83.1 Å². The van der Waals surface area contributed by atoms with E-state index in [2.05, 4.69) is 20.5 Å².